The number of aromatic nitrogens is 6. The molecular formula is C23H23F3N8O. The Hall–Kier alpha value is -3.80. The summed E-state index contributed by atoms with van der Waals surface area (Å²) in [5.74, 6) is -1.08. The van der Waals surface area contributed by atoms with Crippen LogP contribution in [0.25, 0.3) is 22.7 Å². The maximum Gasteiger partial charge on any atom is 0.314 e. The Labute approximate surface area is 199 Å². The summed E-state index contributed by atoms with van der Waals surface area (Å²) in [5, 5.41) is 15.2. The van der Waals surface area contributed by atoms with Crippen molar-refractivity contribution in [1.29, 1.82) is 0 Å². The molecule has 35 heavy (non-hydrogen) atoms. The van der Waals surface area contributed by atoms with E-state index in [1.807, 2.05) is 6.07 Å². The number of hydrogen-bond acceptors (Lipinski definition) is 8. The van der Waals surface area contributed by atoms with Crippen molar-refractivity contribution in [2.24, 2.45) is 0 Å². The fourth-order valence-electron chi connectivity index (χ4n) is 4.02. The second kappa shape index (κ2) is 9.82. The van der Waals surface area contributed by atoms with E-state index < -0.39 is 12.3 Å². The first kappa shape index (κ1) is 23.0. The van der Waals surface area contributed by atoms with Crippen molar-refractivity contribution >= 4 is 5.69 Å². The van der Waals surface area contributed by atoms with E-state index in [2.05, 4.69) is 42.2 Å². The summed E-state index contributed by atoms with van der Waals surface area (Å²) in [5.41, 5.74) is 2.45. The zero-order valence-corrected chi connectivity index (χ0v) is 19.0. The molecule has 0 N–H and O–H groups in total. The molecule has 9 nitrogen and oxygen atoms in total. The fourth-order valence-corrected chi connectivity index (χ4v) is 4.02. The molecule has 0 spiro atoms. The lowest BCUT2D eigenvalue weighted by Gasteiger charge is -2.35. The largest absolute Gasteiger partial charge is 0.415 e. The first-order chi connectivity index (χ1) is 17.0. The minimum Gasteiger partial charge on any atom is -0.415 e. The molecule has 1 saturated heterocycles. The summed E-state index contributed by atoms with van der Waals surface area (Å²) < 4.78 is 47.2. The van der Waals surface area contributed by atoms with Crippen LogP contribution in [0.4, 0.5) is 18.9 Å². The fraction of sp³-hybridized carbons (Fsp3) is 0.348. The van der Waals surface area contributed by atoms with Gasteiger partial charge in [0.2, 0.25) is 5.89 Å². The van der Waals surface area contributed by atoms with E-state index in [9.17, 15) is 8.78 Å². The summed E-state index contributed by atoms with van der Waals surface area (Å²) in [6.07, 6.45) is 0.290. The van der Waals surface area contributed by atoms with Gasteiger partial charge in [-0.3, -0.25) is 4.98 Å². The van der Waals surface area contributed by atoms with Crippen LogP contribution in [0.5, 0.6) is 0 Å². The highest BCUT2D eigenvalue weighted by Gasteiger charge is 2.21. The quantitative estimate of drug-likeness (QED) is 0.393. The maximum absolute atomic E-state index is 15.4. The van der Waals surface area contributed by atoms with Gasteiger partial charge in [0, 0.05) is 37.9 Å². The Bertz CT molecular complexity index is 1280. The Kier molecular flexibility index (Phi) is 6.45. The van der Waals surface area contributed by atoms with Gasteiger partial charge in [-0.05, 0) is 30.8 Å². The third-order valence-electron chi connectivity index (χ3n) is 5.98. The molecule has 0 aliphatic carbocycles. The summed E-state index contributed by atoms with van der Waals surface area (Å²) in [7, 11) is 0. The molecule has 1 fully saturated rings. The van der Waals surface area contributed by atoms with Crippen LogP contribution in [-0.4, -0.2) is 67.8 Å². The van der Waals surface area contributed by atoms with E-state index in [0.29, 0.717) is 34.7 Å². The molecule has 1 aliphatic heterocycles. The number of halogens is 3. The summed E-state index contributed by atoms with van der Waals surface area (Å²) in [6.45, 7) is 6.77. The number of piperazine rings is 1. The van der Waals surface area contributed by atoms with Crippen molar-refractivity contribution in [3.8, 4) is 22.7 Å². The van der Waals surface area contributed by atoms with Crippen LogP contribution in [0, 0.1) is 5.82 Å². The average molecular weight is 484 g/mol. The summed E-state index contributed by atoms with van der Waals surface area (Å²) in [6, 6.07) is 8.66. The minimum absolute atomic E-state index is 0.0335. The highest BCUT2D eigenvalue weighted by Crippen LogP contribution is 2.29. The monoisotopic (exact) mass is 484 g/mol. The van der Waals surface area contributed by atoms with Gasteiger partial charge < -0.3 is 14.2 Å². The van der Waals surface area contributed by atoms with Gasteiger partial charge in [-0.25, -0.2) is 9.07 Å². The Morgan fingerprint density at radius 1 is 1.03 bits per heavy atom. The lowest BCUT2D eigenvalue weighted by molar-refractivity contribution is 0.116. The molecule has 1 aliphatic rings. The molecule has 4 aromatic rings. The number of benzene rings is 1. The molecule has 3 aromatic heterocycles. The van der Waals surface area contributed by atoms with Crippen LogP contribution in [0.15, 0.2) is 47.1 Å². The zero-order chi connectivity index (χ0) is 24.4. The molecule has 0 amide bonds. The Morgan fingerprint density at radius 2 is 1.86 bits per heavy atom. The lowest BCUT2D eigenvalue weighted by Crippen LogP contribution is -2.46. The zero-order valence-electron chi connectivity index (χ0n) is 19.0. The molecule has 5 rings (SSSR count). The summed E-state index contributed by atoms with van der Waals surface area (Å²) >= 11 is 0. The number of alkyl halides is 2. The van der Waals surface area contributed by atoms with Gasteiger partial charge in [-0.15, -0.1) is 15.3 Å². The smallest absolute Gasteiger partial charge is 0.314 e. The van der Waals surface area contributed by atoms with E-state index in [4.69, 9.17) is 4.42 Å². The van der Waals surface area contributed by atoms with Crippen molar-refractivity contribution in [2.75, 3.05) is 37.6 Å². The first-order valence-electron chi connectivity index (χ1n) is 11.2. The molecule has 4 heterocycles. The van der Waals surface area contributed by atoms with Crippen molar-refractivity contribution < 1.29 is 17.6 Å². The highest BCUT2D eigenvalue weighted by molar-refractivity contribution is 5.66. The molecule has 0 unspecified atom stereocenters. The van der Waals surface area contributed by atoms with Gasteiger partial charge in [-0.1, -0.05) is 18.2 Å². The van der Waals surface area contributed by atoms with E-state index in [-0.39, 0.29) is 11.7 Å². The molecule has 1 aromatic carbocycles. The first-order valence-corrected chi connectivity index (χ1v) is 11.2. The van der Waals surface area contributed by atoms with Crippen LogP contribution in [0.3, 0.4) is 0 Å². The number of anilines is 1. The van der Waals surface area contributed by atoms with Gasteiger partial charge in [0.25, 0.3) is 5.89 Å². The van der Waals surface area contributed by atoms with Gasteiger partial charge in [0.15, 0.2) is 5.82 Å². The second-order valence-corrected chi connectivity index (χ2v) is 8.15. The second-order valence-electron chi connectivity index (χ2n) is 8.15. The minimum atomic E-state index is -2.83. The third kappa shape index (κ3) is 4.87. The van der Waals surface area contributed by atoms with Crippen LogP contribution < -0.4 is 4.90 Å². The van der Waals surface area contributed by atoms with Crippen molar-refractivity contribution in [3.05, 3.63) is 60.1 Å². The predicted molar refractivity (Wildman–Crippen MR) is 121 cm³/mol. The molecule has 12 heteroatoms. The number of pyridine rings is 1. The van der Waals surface area contributed by atoms with Crippen LogP contribution in [0.1, 0.15) is 24.9 Å². The topological polar surface area (TPSA) is 89.0 Å². The highest BCUT2D eigenvalue weighted by atomic mass is 19.3. The summed E-state index contributed by atoms with van der Waals surface area (Å²) in [4.78, 5) is 8.71. The Morgan fingerprint density at radius 3 is 2.54 bits per heavy atom. The van der Waals surface area contributed by atoms with Crippen LogP contribution >= 0.6 is 0 Å². The number of likely N-dealkylation sites (N-methyl/N-ethyl adjacent to an activating group) is 1. The average Bonchev–Trinajstić information content (AvgIpc) is 3.55. The molecule has 182 valence electrons. The third-order valence-corrected chi connectivity index (χ3v) is 5.98. The maximum atomic E-state index is 15.4. The number of nitrogens with zero attached hydrogens (tertiary/aromatic N) is 8. The molecule has 0 saturated carbocycles. The van der Waals surface area contributed by atoms with Gasteiger partial charge in [-0.2, -0.15) is 8.78 Å². The van der Waals surface area contributed by atoms with Crippen LogP contribution in [0.2, 0.25) is 0 Å². The van der Waals surface area contributed by atoms with Gasteiger partial charge in [0.1, 0.15) is 5.69 Å². The van der Waals surface area contributed by atoms with E-state index in [0.717, 1.165) is 32.7 Å². The molecule has 0 atom stereocenters. The Balaban J connectivity index is 1.29. The van der Waals surface area contributed by atoms with Crippen LogP contribution in [-0.2, 0) is 6.54 Å². The predicted octanol–water partition coefficient (Wildman–Crippen LogP) is 3.66. The van der Waals surface area contributed by atoms with E-state index in [1.54, 1.807) is 35.1 Å². The van der Waals surface area contributed by atoms with Gasteiger partial charge >= 0.3 is 6.43 Å². The van der Waals surface area contributed by atoms with Crippen molar-refractivity contribution in [3.63, 3.8) is 0 Å². The van der Waals surface area contributed by atoms with Gasteiger partial charge in [0.05, 0.1) is 29.7 Å². The van der Waals surface area contributed by atoms with E-state index >= 15 is 4.39 Å². The standard InChI is InChI=1S/C23H23F3N8O/c1-2-32-8-10-33(11-9-32)19-5-3-4-17(20(19)24)18-14-34(31-28-18)13-16-7-6-15(12-27-16)22-29-30-23(35-22)21(25)26/h3-7,12,14,21H,2,8-11,13H2,1H3. The normalized spacial score (nSPS) is 14.7. The van der Waals surface area contributed by atoms with E-state index in [1.165, 1.54) is 6.20 Å². The van der Waals surface area contributed by atoms with Crippen molar-refractivity contribution in [1.82, 2.24) is 35.1 Å². The number of hydrogen-bond donors (Lipinski definition) is 0. The SMILES string of the molecule is CCN1CCN(c2cccc(-c3cn(Cc4ccc(-c5nnc(C(F)F)o5)cn4)nn3)c2F)CC1. The lowest BCUT2D eigenvalue weighted by atomic mass is 10.1. The molecular weight excluding hydrogens is 461 g/mol. The number of rotatable bonds is 7. The molecule has 0 bridgehead atoms. The van der Waals surface area contributed by atoms with Crippen molar-refractivity contribution in [2.45, 2.75) is 19.9 Å². The molecule has 0 radical (unpaired) electrons.